The quantitative estimate of drug-likeness (QED) is 0.775. The molecule has 1 aromatic rings. The molecule has 7 nitrogen and oxygen atoms in total. The van der Waals surface area contributed by atoms with Crippen LogP contribution < -0.4 is 15.4 Å². The molecule has 1 aliphatic rings. The fourth-order valence-corrected chi connectivity index (χ4v) is 3.14. The summed E-state index contributed by atoms with van der Waals surface area (Å²) in [7, 11) is -3.15. The average Bonchev–Trinajstić information content (AvgIpc) is 2.26. The number of anilines is 2. The Morgan fingerprint density at radius 2 is 2.05 bits per heavy atom. The molecule has 1 fully saturated rings. The van der Waals surface area contributed by atoms with Crippen LogP contribution in [0, 0.1) is 0 Å². The highest BCUT2D eigenvalue weighted by Gasteiger charge is 2.22. The van der Waals surface area contributed by atoms with Crippen molar-refractivity contribution in [2.75, 3.05) is 30.0 Å². The molecule has 0 bridgehead atoms. The molecule has 19 heavy (non-hydrogen) atoms. The number of nitrogens with zero attached hydrogens (tertiary/aromatic N) is 3. The van der Waals surface area contributed by atoms with Crippen molar-refractivity contribution in [1.82, 2.24) is 14.7 Å². The summed E-state index contributed by atoms with van der Waals surface area (Å²) in [6, 6.07) is 1.63. The summed E-state index contributed by atoms with van der Waals surface area (Å²) in [6.07, 6.45) is 2.60. The Morgan fingerprint density at radius 1 is 1.42 bits per heavy atom. The fraction of sp³-hybridized carbons (Fsp3) is 0.600. The third kappa shape index (κ3) is 4.19. The summed E-state index contributed by atoms with van der Waals surface area (Å²) >= 11 is 5.84. The van der Waals surface area contributed by atoms with Gasteiger partial charge in [0.1, 0.15) is 11.0 Å². The Hall–Kier alpha value is -1.12. The van der Waals surface area contributed by atoms with Crippen LogP contribution in [0.2, 0.25) is 5.15 Å². The minimum Gasteiger partial charge on any atom is -0.368 e. The summed E-state index contributed by atoms with van der Waals surface area (Å²) in [5.74, 6) is 0.814. The lowest BCUT2D eigenvalue weighted by Gasteiger charge is -2.32. The number of rotatable bonds is 3. The van der Waals surface area contributed by atoms with Crippen LogP contribution in [0.15, 0.2) is 6.07 Å². The van der Waals surface area contributed by atoms with Crippen LogP contribution in [0.1, 0.15) is 12.8 Å². The first-order valence-electron chi connectivity index (χ1n) is 5.86. The van der Waals surface area contributed by atoms with Gasteiger partial charge in [-0.2, -0.15) is 4.98 Å². The van der Waals surface area contributed by atoms with Gasteiger partial charge >= 0.3 is 0 Å². The van der Waals surface area contributed by atoms with Crippen LogP contribution in [0.4, 0.5) is 11.8 Å². The topological polar surface area (TPSA) is 101 Å². The number of nitrogen functional groups attached to an aromatic ring is 1. The first-order valence-corrected chi connectivity index (χ1v) is 8.13. The first kappa shape index (κ1) is 14.3. The van der Waals surface area contributed by atoms with Crippen molar-refractivity contribution < 1.29 is 8.42 Å². The Balaban J connectivity index is 2.00. The molecule has 0 aliphatic carbocycles. The van der Waals surface area contributed by atoms with Crippen molar-refractivity contribution in [2.45, 2.75) is 18.9 Å². The zero-order chi connectivity index (χ0) is 14.0. The van der Waals surface area contributed by atoms with E-state index in [4.69, 9.17) is 17.3 Å². The molecule has 0 atom stereocenters. The molecular formula is C10H16ClN5O2S. The van der Waals surface area contributed by atoms with Gasteiger partial charge in [0.25, 0.3) is 0 Å². The maximum absolute atomic E-state index is 11.2. The van der Waals surface area contributed by atoms with Gasteiger partial charge in [0.15, 0.2) is 0 Å². The highest BCUT2D eigenvalue weighted by molar-refractivity contribution is 7.88. The van der Waals surface area contributed by atoms with Crippen LogP contribution in [0.3, 0.4) is 0 Å². The van der Waals surface area contributed by atoms with Crippen molar-refractivity contribution >= 4 is 33.4 Å². The van der Waals surface area contributed by atoms with E-state index in [9.17, 15) is 8.42 Å². The summed E-state index contributed by atoms with van der Waals surface area (Å²) in [6.45, 7) is 1.39. The van der Waals surface area contributed by atoms with Crippen LogP contribution in [0.25, 0.3) is 0 Å². The molecule has 3 N–H and O–H groups in total. The normalized spacial score (nSPS) is 17.7. The lowest BCUT2D eigenvalue weighted by atomic mass is 10.1. The van der Waals surface area contributed by atoms with Gasteiger partial charge in [0, 0.05) is 25.2 Å². The molecule has 2 rings (SSSR count). The molecule has 2 heterocycles. The second-order valence-electron chi connectivity index (χ2n) is 4.56. The standard InChI is InChI=1S/C10H16ClN5O2S/c1-19(17,18)15-7-2-4-16(5-3-7)9-6-8(11)13-10(12)14-9/h6-7,15H,2-5H2,1H3,(H2,12,13,14). The molecule has 1 aliphatic heterocycles. The van der Waals surface area contributed by atoms with Crippen molar-refractivity contribution in [3.63, 3.8) is 0 Å². The largest absolute Gasteiger partial charge is 0.368 e. The van der Waals surface area contributed by atoms with Gasteiger partial charge in [-0.05, 0) is 12.8 Å². The summed E-state index contributed by atoms with van der Waals surface area (Å²) in [5, 5.41) is 0.305. The van der Waals surface area contributed by atoms with Crippen LogP contribution in [0.5, 0.6) is 0 Å². The monoisotopic (exact) mass is 305 g/mol. The molecule has 0 aromatic carbocycles. The number of aromatic nitrogens is 2. The Bertz CT molecular complexity index is 537. The predicted octanol–water partition coefficient (Wildman–Crippen LogP) is 0.230. The molecule has 9 heteroatoms. The lowest BCUT2D eigenvalue weighted by molar-refractivity contribution is 0.460. The second-order valence-corrected chi connectivity index (χ2v) is 6.73. The van der Waals surface area contributed by atoms with Gasteiger partial charge in [0.05, 0.1) is 6.26 Å². The molecule has 106 valence electrons. The van der Waals surface area contributed by atoms with E-state index in [1.165, 1.54) is 6.26 Å². The lowest BCUT2D eigenvalue weighted by Crippen LogP contribution is -2.44. The maximum atomic E-state index is 11.2. The van der Waals surface area contributed by atoms with Crippen molar-refractivity contribution in [1.29, 1.82) is 0 Å². The molecule has 0 unspecified atom stereocenters. The Labute approximate surface area is 117 Å². The van der Waals surface area contributed by atoms with Crippen LogP contribution in [-0.2, 0) is 10.0 Å². The van der Waals surface area contributed by atoms with E-state index in [0.29, 0.717) is 36.9 Å². The summed E-state index contributed by atoms with van der Waals surface area (Å²) in [4.78, 5) is 9.95. The molecule has 0 spiro atoms. The predicted molar refractivity (Wildman–Crippen MR) is 74.7 cm³/mol. The van der Waals surface area contributed by atoms with Gasteiger partial charge in [-0.3, -0.25) is 0 Å². The number of hydrogen-bond acceptors (Lipinski definition) is 6. The number of sulfonamides is 1. The molecular weight excluding hydrogens is 290 g/mol. The number of nitrogens with two attached hydrogens (primary N) is 1. The van der Waals surface area contributed by atoms with E-state index < -0.39 is 10.0 Å². The number of piperidine rings is 1. The first-order chi connectivity index (χ1) is 8.83. The number of nitrogens with one attached hydrogen (secondary N) is 1. The number of halogens is 1. The summed E-state index contributed by atoms with van der Waals surface area (Å²) < 4.78 is 24.9. The van der Waals surface area contributed by atoms with Gasteiger partial charge in [-0.1, -0.05) is 11.6 Å². The maximum Gasteiger partial charge on any atom is 0.223 e. The second kappa shape index (κ2) is 5.48. The Kier molecular flexibility index (Phi) is 4.12. The third-order valence-electron chi connectivity index (χ3n) is 2.90. The average molecular weight is 306 g/mol. The zero-order valence-corrected chi connectivity index (χ0v) is 12.1. The van der Waals surface area contributed by atoms with E-state index in [2.05, 4.69) is 14.7 Å². The minimum absolute atomic E-state index is 0.0269. The van der Waals surface area contributed by atoms with E-state index in [0.717, 1.165) is 0 Å². The van der Waals surface area contributed by atoms with Crippen LogP contribution in [-0.4, -0.2) is 43.8 Å². The highest BCUT2D eigenvalue weighted by atomic mass is 35.5. The van der Waals surface area contributed by atoms with Gasteiger partial charge in [-0.15, -0.1) is 0 Å². The van der Waals surface area contributed by atoms with Gasteiger partial charge in [-0.25, -0.2) is 18.1 Å². The number of hydrogen-bond donors (Lipinski definition) is 2. The minimum atomic E-state index is -3.15. The SMILES string of the molecule is CS(=O)(=O)NC1CCN(c2cc(Cl)nc(N)n2)CC1. The van der Waals surface area contributed by atoms with E-state index in [-0.39, 0.29) is 12.0 Å². The fourth-order valence-electron chi connectivity index (χ4n) is 2.11. The summed E-state index contributed by atoms with van der Waals surface area (Å²) in [5.41, 5.74) is 5.55. The van der Waals surface area contributed by atoms with Crippen molar-refractivity contribution in [3.8, 4) is 0 Å². The molecule has 0 amide bonds. The smallest absolute Gasteiger partial charge is 0.223 e. The zero-order valence-electron chi connectivity index (χ0n) is 10.5. The van der Waals surface area contributed by atoms with E-state index in [1.54, 1.807) is 6.07 Å². The van der Waals surface area contributed by atoms with E-state index in [1.807, 2.05) is 4.90 Å². The van der Waals surface area contributed by atoms with Gasteiger partial charge in [0.2, 0.25) is 16.0 Å². The highest BCUT2D eigenvalue weighted by Crippen LogP contribution is 2.21. The molecule has 0 radical (unpaired) electrons. The van der Waals surface area contributed by atoms with Gasteiger partial charge < -0.3 is 10.6 Å². The molecule has 0 saturated carbocycles. The Morgan fingerprint density at radius 3 is 2.58 bits per heavy atom. The molecule has 1 saturated heterocycles. The van der Waals surface area contributed by atoms with Crippen LogP contribution >= 0.6 is 11.6 Å². The van der Waals surface area contributed by atoms with Crippen molar-refractivity contribution in [3.05, 3.63) is 11.2 Å². The molecule has 1 aromatic heterocycles. The van der Waals surface area contributed by atoms with E-state index >= 15 is 0 Å². The van der Waals surface area contributed by atoms with Crippen molar-refractivity contribution in [2.24, 2.45) is 0 Å². The third-order valence-corrected chi connectivity index (χ3v) is 3.85.